The van der Waals surface area contributed by atoms with Crippen LogP contribution >= 0.6 is 11.6 Å². The number of pyridine rings is 1. The minimum Gasteiger partial charge on any atom is -0.366 e. The normalized spacial score (nSPS) is 14.0. The van der Waals surface area contributed by atoms with Gasteiger partial charge in [0, 0.05) is 42.8 Å². The molecule has 1 amide bonds. The van der Waals surface area contributed by atoms with Crippen molar-refractivity contribution in [3.63, 3.8) is 0 Å². The molecule has 0 atom stereocenters. The molecule has 0 unspecified atom stereocenters. The van der Waals surface area contributed by atoms with Crippen molar-refractivity contribution >= 4 is 39.7 Å². The van der Waals surface area contributed by atoms with Gasteiger partial charge in [-0.2, -0.15) is 0 Å². The standard InChI is InChI=1S/C25H26ClN3O/c1-3-28(4-2)25(30)22-17-27-23-11-10-20(26)16-21(23)24(22)29-14-12-19(13-15-29)18-8-6-5-7-9-18/h5-12,16-17H,3-4,13-15H2,1-2H3. The maximum Gasteiger partial charge on any atom is 0.257 e. The number of benzene rings is 2. The number of amides is 1. The van der Waals surface area contributed by atoms with Crippen LogP contribution in [0.2, 0.25) is 5.02 Å². The van der Waals surface area contributed by atoms with Gasteiger partial charge in [-0.05, 0) is 49.6 Å². The molecule has 0 N–H and O–H groups in total. The summed E-state index contributed by atoms with van der Waals surface area (Å²) in [5, 5.41) is 1.58. The van der Waals surface area contributed by atoms with Crippen LogP contribution in [0, 0.1) is 0 Å². The first-order valence-electron chi connectivity index (χ1n) is 10.5. The average Bonchev–Trinajstić information content (AvgIpc) is 2.79. The van der Waals surface area contributed by atoms with Crippen LogP contribution in [0.4, 0.5) is 5.69 Å². The first-order valence-corrected chi connectivity index (χ1v) is 10.9. The molecule has 0 fully saturated rings. The Morgan fingerprint density at radius 1 is 1.13 bits per heavy atom. The summed E-state index contributed by atoms with van der Waals surface area (Å²) in [6, 6.07) is 16.2. The number of rotatable bonds is 5. The van der Waals surface area contributed by atoms with E-state index in [0.29, 0.717) is 23.7 Å². The molecule has 0 radical (unpaired) electrons. The Hall–Kier alpha value is -2.85. The lowest BCUT2D eigenvalue weighted by molar-refractivity contribution is 0.0773. The summed E-state index contributed by atoms with van der Waals surface area (Å²) in [5.74, 6) is 0.0159. The number of aromatic nitrogens is 1. The topological polar surface area (TPSA) is 36.4 Å². The number of halogens is 1. The lowest BCUT2D eigenvalue weighted by atomic mass is 9.98. The SMILES string of the molecule is CCN(CC)C(=O)c1cnc2ccc(Cl)cc2c1N1CC=C(c2ccccc2)CC1. The van der Waals surface area contributed by atoms with Gasteiger partial charge in [-0.15, -0.1) is 0 Å². The average molecular weight is 420 g/mol. The second kappa shape index (κ2) is 8.88. The van der Waals surface area contributed by atoms with E-state index in [9.17, 15) is 4.79 Å². The first kappa shape index (κ1) is 20.4. The molecule has 1 aliphatic heterocycles. The van der Waals surface area contributed by atoms with E-state index in [4.69, 9.17) is 11.6 Å². The van der Waals surface area contributed by atoms with Crippen LogP contribution in [-0.4, -0.2) is 42.0 Å². The largest absolute Gasteiger partial charge is 0.366 e. The Morgan fingerprint density at radius 2 is 1.90 bits per heavy atom. The molecule has 2 aromatic carbocycles. The predicted molar refractivity (Wildman–Crippen MR) is 125 cm³/mol. The van der Waals surface area contributed by atoms with Gasteiger partial charge in [-0.3, -0.25) is 9.78 Å². The molecule has 0 saturated heterocycles. The van der Waals surface area contributed by atoms with Gasteiger partial charge in [0.15, 0.2) is 0 Å². The highest BCUT2D eigenvalue weighted by atomic mass is 35.5. The van der Waals surface area contributed by atoms with Crippen LogP contribution in [0.3, 0.4) is 0 Å². The summed E-state index contributed by atoms with van der Waals surface area (Å²) < 4.78 is 0. The molecule has 0 saturated carbocycles. The second-order valence-electron chi connectivity index (χ2n) is 7.45. The number of carbonyl (C=O) groups is 1. The maximum atomic E-state index is 13.3. The van der Waals surface area contributed by atoms with E-state index in [-0.39, 0.29) is 5.91 Å². The van der Waals surface area contributed by atoms with Crippen molar-refractivity contribution in [3.05, 3.63) is 77.0 Å². The molecule has 5 heteroatoms. The van der Waals surface area contributed by atoms with Crippen LogP contribution in [0.5, 0.6) is 0 Å². The highest BCUT2D eigenvalue weighted by molar-refractivity contribution is 6.31. The van der Waals surface area contributed by atoms with E-state index < -0.39 is 0 Å². The van der Waals surface area contributed by atoms with Gasteiger partial charge >= 0.3 is 0 Å². The Labute approximate surface area is 182 Å². The third-order valence-electron chi connectivity index (χ3n) is 5.75. The highest BCUT2D eigenvalue weighted by Gasteiger charge is 2.25. The fourth-order valence-corrected chi connectivity index (χ4v) is 4.29. The number of fused-ring (bicyclic) bond motifs is 1. The minimum absolute atomic E-state index is 0.0159. The van der Waals surface area contributed by atoms with E-state index in [0.717, 1.165) is 36.1 Å². The monoisotopic (exact) mass is 419 g/mol. The first-order chi connectivity index (χ1) is 14.6. The van der Waals surface area contributed by atoms with Crippen molar-refractivity contribution in [1.29, 1.82) is 0 Å². The van der Waals surface area contributed by atoms with Gasteiger partial charge in [0.1, 0.15) is 0 Å². The number of anilines is 1. The zero-order valence-electron chi connectivity index (χ0n) is 17.4. The summed E-state index contributed by atoms with van der Waals surface area (Å²) in [7, 11) is 0. The lowest BCUT2D eigenvalue weighted by Crippen LogP contribution is -2.34. The maximum absolute atomic E-state index is 13.3. The number of hydrogen-bond acceptors (Lipinski definition) is 3. The van der Waals surface area contributed by atoms with Crippen molar-refractivity contribution in [2.24, 2.45) is 0 Å². The molecule has 4 nitrogen and oxygen atoms in total. The quantitative estimate of drug-likeness (QED) is 0.535. The molecular formula is C25H26ClN3O. The predicted octanol–water partition coefficient (Wildman–Crippen LogP) is 5.66. The van der Waals surface area contributed by atoms with Crippen LogP contribution in [0.1, 0.15) is 36.2 Å². The third-order valence-corrected chi connectivity index (χ3v) is 5.99. The second-order valence-corrected chi connectivity index (χ2v) is 7.89. The van der Waals surface area contributed by atoms with Crippen LogP contribution in [-0.2, 0) is 0 Å². The van der Waals surface area contributed by atoms with Gasteiger partial charge in [-0.25, -0.2) is 0 Å². The summed E-state index contributed by atoms with van der Waals surface area (Å²) in [6.45, 7) is 6.92. The summed E-state index contributed by atoms with van der Waals surface area (Å²) in [5.41, 5.74) is 5.04. The van der Waals surface area contributed by atoms with Gasteiger partial charge in [0.05, 0.1) is 16.8 Å². The molecule has 0 aliphatic carbocycles. The summed E-state index contributed by atoms with van der Waals surface area (Å²) in [4.78, 5) is 22.0. The zero-order chi connectivity index (χ0) is 21.1. The zero-order valence-corrected chi connectivity index (χ0v) is 18.2. The Kier molecular flexibility index (Phi) is 6.05. The summed E-state index contributed by atoms with van der Waals surface area (Å²) >= 11 is 6.33. The molecule has 154 valence electrons. The lowest BCUT2D eigenvalue weighted by Gasteiger charge is -2.32. The minimum atomic E-state index is 0.0159. The molecule has 4 rings (SSSR count). The van der Waals surface area contributed by atoms with E-state index in [1.54, 1.807) is 6.20 Å². The van der Waals surface area contributed by atoms with Crippen LogP contribution < -0.4 is 4.90 Å². The Bertz CT molecular complexity index is 1090. The molecule has 1 aromatic heterocycles. The molecule has 0 spiro atoms. The van der Waals surface area contributed by atoms with Crippen molar-refractivity contribution in [1.82, 2.24) is 9.88 Å². The van der Waals surface area contributed by atoms with Crippen molar-refractivity contribution in [2.45, 2.75) is 20.3 Å². The number of nitrogens with zero attached hydrogens (tertiary/aromatic N) is 3. The van der Waals surface area contributed by atoms with E-state index in [2.05, 4.69) is 40.2 Å². The molecule has 0 bridgehead atoms. The van der Waals surface area contributed by atoms with Crippen LogP contribution in [0.15, 0.2) is 60.8 Å². The smallest absolute Gasteiger partial charge is 0.257 e. The molecular weight excluding hydrogens is 394 g/mol. The molecule has 3 aromatic rings. The fraction of sp³-hybridized carbons (Fsp3) is 0.280. The molecule has 30 heavy (non-hydrogen) atoms. The third kappa shape index (κ3) is 3.92. The van der Waals surface area contributed by atoms with Gasteiger partial charge in [0.25, 0.3) is 5.91 Å². The van der Waals surface area contributed by atoms with E-state index in [1.807, 2.05) is 43.0 Å². The van der Waals surface area contributed by atoms with Gasteiger partial charge in [-0.1, -0.05) is 48.0 Å². The Morgan fingerprint density at radius 3 is 2.57 bits per heavy atom. The van der Waals surface area contributed by atoms with E-state index >= 15 is 0 Å². The van der Waals surface area contributed by atoms with Crippen molar-refractivity contribution in [2.75, 3.05) is 31.1 Å². The van der Waals surface area contributed by atoms with Crippen molar-refractivity contribution < 1.29 is 4.79 Å². The van der Waals surface area contributed by atoms with Crippen LogP contribution in [0.25, 0.3) is 16.5 Å². The Balaban J connectivity index is 1.78. The van der Waals surface area contributed by atoms with Gasteiger partial charge < -0.3 is 9.80 Å². The fourth-order valence-electron chi connectivity index (χ4n) is 4.12. The highest BCUT2D eigenvalue weighted by Crippen LogP contribution is 2.35. The summed E-state index contributed by atoms with van der Waals surface area (Å²) in [6.07, 6.45) is 4.91. The van der Waals surface area contributed by atoms with E-state index in [1.165, 1.54) is 11.1 Å². The molecule has 2 heterocycles. The number of carbonyl (C=O) groups excluding carboxylic acids is 1. The molecule has 1 aliphatic rings. The van der Waals surface area contributed by atoms with Crippen molar-refractivity contribution in [3.8, 4) is 0 Å². The number of hydrogen-bond donors (Lipinski definition) is 0. The van der Waals surface area contributed by atoms with Gasteiger partial charge in [0.2, 0.25) is 0 Å².